The van der Waals surface area contributed by atoms with E-state index >= 15 is 0 Å². The summed E-state index contributed by atoms with van der Waals surface area (Å²) in [6, 6.07) is 0. The van der Waals surface area contributed by atoms with E-state index in [9.17, 15) is 4.79 Å². The van der Waals surface area contributed by atoms with Crippen LogP contribution in [0.2, 0.25) is 0 Å². The number of hydrogen-bond acceptors (Lipinski definition) is 2. The fraction of sp³-hybridized carbons (Fsp3) is 0.735. The molecule has 0 N–H and O–H groups in total. The molecule has 2 heteroatoms. The molecule has 0 aliphatic carbocycles. The largest absolute Gasteiger partial charge is 0.461 e. The van der Waals surface area contributed by atoms with Gasteiger partial charge in [-0.15, -0.1) is 0 Å². The van der Waals surface area contributed by atoms with Gasteiger partial charge in [-0.25, -0.2) is 0 Å². The minimum Gasteiger partial charge on any atom is -0.461 e. The van der Waals surface area contributed by atoms with Gasteiger partial charge >= 0.3 is 5.97 Å². The first-order chi connectivity index (χ1) is 17.3. The van der Waals surface area contributed by atoms with Crippen LogP contribution in [0.4, 0.5) is 0 Å². The molecular weight excluding hydrogens is 440 g/mol. The SMILES string of the molecule is CCCCCCCCCCCCCC(=O)OC/C=C(/C)CC/C=C(\C)CC/C=C(\C)CCC=C(C)C. The van der Waals surface area contributed by atoms with Crippen LogP contribution in [0.3, 0.4) is 0 Å². The van der Waals surface area contributed by atoms with Crippen LogP contribution >= 0.6 is 0 Å². The minimum atomic E-state index is -0.0464. The molecule has 36 heavy (non-hydrogen) atoms. The topological polar surface area (TPSA) is 26.3 Å². The quantitative estimate of drug-likeness (QED) is 0.0792. The van der Waals surface area contributed by atoms with Crippen LogP contribution in [-0.2, 0) is 9.53 Å². The second-order valence-corrected chi connectivity index (χ2v) is 11.0. The zero-order chi connectivity index (χ0) is 26.9. The Bertz CT molecular complexity index is 659. The molecule has 0 amide bonds. The molecule has 0 aliphatic rings. The lowest BCUT2D eigenvalue weighted by Gasteiger charge is -2.05. The van der Waals surface area contributed by atoms with Gasteiger partial charge in [-0.3, -0.25) is 4.79 Å². The lowest BCUT2D eigenvalue weighted by molar-refractivity contribution is -0.142. The molecule has 2 nitrogen and oxygen atoms in total. The third kappa shape index (κ3) is 25.5. The molecule has 0 rings (SSSR count). The number of carbonyl (C=O) groups is 1. The molecule has 0 aromatic carbocycles. The van der Waals surface area contributed by atoms with Crippen LogP contribution in [0.25, 0.3) is 0 Å². The van der Waals surface area contributed by atoms with Gasteiger partial charge in [0.25, 0.3) is 0 Å². The Morgan fingerprint density at radius 2 is 0.944 bits per heavy atom. The molecule has 0 spiro atoms. The van der Waals surface area contributed by atoms with E-state index in [2.05, 4.69) is 65.8 Å². The van der Waals surface area contributed by atoms with Crippen LogP contribution in [0, 0.1) is 0 Å². The Kier molecular flexibility index (Phi) is 24.0. The Hall–Kier alpha value is -1.57. The first-order valence-corrected chi connectivity index (χ1v) is 15.1. The number of carbonyl (C=O) groups excluding carboxylic acids is 1. The average molecular weight is 501 g/mol. The molecule has 0 aromatic heterocycles. The van der Waals surface area contributed by atoms with Crippen molar-refractivity contribution in [3.63, 3.8) is 0 Å². The molecule has 0 fully saturated rings. The van der Waals surface area contributed by atoms with E-state index in [0.717, 1.165) is 44.9 Å². The lowest BCUT2D eigenvalue weighted by atomic mass is 10.0. The van der Waals surface area contributed by atoms with Gasteiger partial charge in [-0.2, -0.15) is 0 Å². The van der Waals surface area contributed by atoms with Crippen molar-refractivity contribution in [2.24, 2.45) is 0 Å². The van der Waals surface area contributed by atoms with Crippen molar-refractivity contribution in [3.8, 4) is 0 Å². The second-order valence-electron chi connectivity index (χ2n) is 11.0. The zero-order valence-corrected chi connectivity index (χ0v) is 25.1. The van der Waals surface area contributed by atoms with Gasteiger partial charge in [0.1, 0.15) is 6.61 Å². The van der Waals surface area contributed by atoms with Crippen molar-refractivity contribution < 1.29 is 9.53 Å². The summed E-state index contributed by atoms with van der Waals surface area (Å²) in [7, 11) is 0. The minimum absolute atomic E-state index is 0.0464. The number of hydrogen-bond donors (Lipinski definition) is 0. The maximum Gasteiger partial charge on any atom is 0.306 e. The molecule has 0 atom stereocenters. The summed E-state index contributed by atoms with van der Waals surface area (Å²) in [5, 5.41) is 0. The fourth-order valence-electron chi connectivity index (χ4n) is 4.27. The van der Waals surface area contributed by atoms with Crippen molar-refractivity contribution in [2.45, 2.75) is 157 Å². The Balaban J connectivity index is 3.76. The monoisotopic (exact) mass is 500 g/mol. The summed E-state index contributed by atoms with van der Waals surface area (Å²) in [5.74, 6) is -0.0464. The average Bonchev–Trinajstić information content (AvgIpc) is 2.82. The Morgan fingerprint density at radius 3 is 1.42 bits per heavy atom. The van der Waals surface area contributed by atoms with E-state index < -0.39 is 0 Å². The molecule has 0 heterocycles. The van der Waals surface area contributed by atoms with Crippen molar-refractivity contribution in [1.82, 2.24) is 0 Å². The molecule has 208 valence electrons. The number of allylic oxidation sites excluding steroid dienone is 7. The summed E-state index contributed by atoms with van der Waals surface area (Å²) in [5.41, 5.74) is 5.67. The molecule has 0 aromatic rings. The Morgan fingerprint density at radius 1 is 0.528 bits per heavy atom. The van der Waals surface area contributed by atoms with Gasteiger partial charge in [0.15, 0.2) is 0 Å². The molecule has 0 unspecified atom stereocenters. The van der Waals surface area contributed by atoms with Crippen LogP contribution in [0.5, 0.6) is 0 Å². The maximum atomic E-state index is 12.0. The van der Waals surface area contributed by atoms with Gasteiger partial charge in [0.2, 0.25) is 0 Å². The van der Waals surface area contributed by atoms with E-state index in [0.29, 0.717) is 13.0 Å². The van der Waals surface area contributed by atoms with Crippen molar-refractivity contribution in [2.75, 3.05) is 6.61 Å². The van der Waals surface area contributed by atoms with Gasteiger partial charge in [-0.1, -0.05) is 112 Å². The predicted octanol–water partition coefficient (Wildman–Crippen LogP) is 11.4. The summed E-state index contributed by atoms with van der Waals surface area (Å²) < 4.78 is 5.41. The first-order valence-electron chi connectivity index (χ1n) is 15.1. The zero-order valence-electron chi connectivity index (χ0n) is 25.1. The first kappa shape index (κ1) is 34.4. The third-order valence-electron chi connectivity index (χ3n) is 6.81. The predicted molar refractivity (Wildman–Crippen MR) is 160 cm³/mol. The highest BCUT2D eigenvalue weighted by Crippen LogP contribution is 2.14. The van der Waals surface area contributed by atoms with Gasteiger partial charge in [0.05, 0.1) is 0 Å². The summed E-state index contributed by atoms with van der Waals surface area (Å²) in [6.45, 7) is 13.6. The molecule has 0 aliphatic heterocycles. The van der Waals surface area contributed by atoms with Gasteiger partial charge < -0.3 is 4.74 Å². The van der Waals surface area contributed by atoms with E-state index in [-0.39, 0.29) is 5.97 Å². The highest BCUT2D eigenvalue weighted by Gasteiger charge is 2.02. The number of ether oxygens (including phenoxy) is 1. The normalized spacial score (nSPS) is 12.7. The third-order valence-corrected chi connectivity index (χ3v) is 6.81. The van der Waals surface area contributed by atoms with Crippen molar-refractivity contribution in [1.29, 1.82) is 0 Å². The summed E-state index contributed by atoms with van der Waals surface area (Å²) in [4.78, 5) is 12.0. The molecular formula is C34H60O2. The van der Waals surface area contributed by atoms with Crippen molar-refractivity contribution in [3.05, 3.63) is 46.6 Å². The highest BCUT2D eigenvalue weighted by molar-refractivity contribution is 5.69. The summed E-state index contributed by atoms with van der Waals surface area (Å²) in [6.07, 6.45) is 30.7. The summed E-state index contributed by atoms with van der Waals surface area (Å²) >= 11 is 0. The fourth-order valence-corrected chi connectivity index (χ4v) is 4.27. The molecule has 0 saturated heterocycles. The Labute approximate surface area is 225 Å². The lowest BCUT2D eigenvalue weighted by Crippen LogP contribution is -2.04. The number of rotatable bonds is 23. The standard InChI is InChI=1S/C34H60O2/c1-7-8-9-10-11-12-13-14-15-16-17-27-34(35)36-29-28-33(6)26-20-25-32(5)24-19-23-31(4)22-18-21-30(2)3/h21,23,25,28H,7-20,22,24,26-27,29H2,1-6H3/b31-23+,32-25+,33-28-. The van der Waals surface area contributed by atoms with Gasteiger partial charge in [-0.05, 0) is 85.6 Å². The maximum absolute atomic E-state index is 12.0. The smallest absolute Gasteiger partial charge is 0.306 e. The van der Waals surface area contributed by atoms with Crippen molar-refractivity contribution >= 4 is 5.97 Å². The molecule has 0 saturated carbocycles. The van der Waals surface area contributed by atoms with E-state index in [4.69, 9.17) is 4.74 Å². The van der Waals surface area contributed by atoms with Gasteiger partial charge in [0, 0.05) is 6.42 Å². The molecule has 0 bridgehead atoms. The highest BCUT2D eigenvalue weighted by atomic mass is 16.5. The van der Waals surface area contributed by atoms with E-state index in [1.165, 1.54) is 86.5 Å². The second kappa shape index (κ2) is 25.1. The van der Waals surface area contributed by atoms with Crippen LogP contribution in [0.15, 0.2) is 46.6 Å². The van der Waals surface area contributed by atoms with E-state index in [1.807, 2.05) is 0 Å². The number of unbranched alkanes of at least 4 members (excludes halogenated alkanes) is 10. The molecule has 0 radical (unpaired) electrons. The van der Waals surface area contributed by atoms with Crippen LogP contribution < -0.4 is 0 Å². The number of esters is 1. The van der Waals surface area contributed by atoms with Crippen LogP contribution in [-0.4, -0.2) is 12.6 Å². The van der Waals surface area contributed by atoms with E-state index in [1.54, 1.807) is 0 Å². The van der Waals surface area contributed by atoms with Crippen LogP contribution in [0.1, 0.15) is 157 Å².